The van der Waals surface area contributed by atoms with Gasteiger partial charge in [-0.25, -0.2) is 0 Å². The van der Waals surface area contributed by atoms with Crippen molar-refractivity contribution in [2.45, 2.75) is 19.4 Å². The van der Waals surface area contributed by atoms with E-state index in [-0.39, 0.29) is 41.4 Å². The molecule has 3 aliphatic rings. The van der Waals surface area contributed by atoms with Crippen molar-refractivity contribution in [2.75, 3.05) is 5.32 Å². The standard InChI is InChI=1S/C20H18N4O3/c1-10(18(25)23-13-4-5-14-15(9-13)22-7-6-21-14)24-19(26)16-11-2-3-12(8-11)17(16)20(24)27/h2-7,9-12,16-17H,8H2,1H3,(H,23,25). The Balaban J connectivity index is 1.36. The van der Waals surface area contributed by atoms with Crippen LogP contribution in [0.5, 0.6) is 0 Å². The van der Waals surface area contributed by atoms with Crippen LogP contribution in [0.3, 0.4) is 0 Å². The minimum Gasteiger partial charge on any atom is -0.324 e. The molecule has 1 aromatic heterocycles. The number of nitrogens with one attached hydrogen (secondary N) is 1. The van der Waals surface area contributed by atoms with Gasteiger partial charge in [0.25, 0.3) is 0 Å². The highest BCUT2D eigenvalue weighted by atomic mass is 16.2. The molecule has 7 heteroatoms. The van der Waals surface area contributed by atoms with Crippen LogP contribution in [0.25, 0.3) is 11.0 Å². The topological polar surface area (TPSA) is 92.3 Å². The third-order valence-electron chi connectivity index (χ3n) is 6.01. The molecule has 2 aliphatic carbocycles. The lowest BCUT2D eigenvalue weighted by atomic mass is 9.85. The number of amides is 3. The van der Waals surface area contributed by atoms with E-state index >= 15 is 0 Å². The average Bonchev–Trinajstić information content (AvgIpc) is 3.35. The normalized spacial score (nSPS) is 29.4. The van der Waals surface area contributed by atoms with Gasteiger partial charge in [0.15, 0.2) is 0 Å². The Morgan fingerprint density at radius 1 is 1.07 bits per heavy atom. The zero-order valence-corrected chi connectivity index (χ0v) is 14.7. The Bertz CT molecular complexity index is 987. The number of likely N-dealkylation sites (tertiary alicyclic amines) is 1. The summed E-state index contributed by atoms with van der Waals surface area (Å²) in [6, 6.07) is 4.36. The fourth-order valence-corrected chi connectivity index (χ4v) is 4.71. The minimum atomic E-state index is -0.854. The van der Waals surface area contributed by atoms with Crippen molar-refractivity contribution in [3.8, 4) is 0 Å². The Kier molecular flexibility index (Phi) is 3.40. The van der Waals surface area contributed by atoms with Gasteiger partial charge < -0.3 is 5.32 Å². The van der Waals surface area contributed by atoms with Gasteiger partial charge in [-0.15, -0.1) is 0 Å². The number of fused-ring (bicyclic) bond motifs is 6. The van der Waals surface area contributed by atoms with Gasteiger partial charge in [0.2, 0.25) is 17.7 Å². The van der Waals surface area contributed by atoms with Gasteiger partial charge in [-0.1, -0.05) is 12.2 Å². The lowest BCUT2D eigenvalue weighted by molar-refractivity contribution is -0.146. The van der Waals surface area contributed by atoms with Gasteiger partial charge in [-0.05, 0) is 43.4 Å². The van der Waals surface area contributed by atoms with Gasteiger partial charge in [0.1, 0.15) is 6.04 Å². The summed E-state index contributed by atoms with van der Waals surface area (Å²) < 4.78 is 0. The van der Waals surface area contributed by atoms with Gasteiger partial charge in [-0.3, -0.25) is 29.3 Å². The molecule has 27 heavy (non-hydrogen) atoms. The monoisotopic (exact) mass is 362 g/mol. The number of nitrogens with zero attached hydrogens (tertiary/aromatic N) is 3. The maximum absolute atomic E-state index is 12.8. The van der Waals surface area contributed by atoms with Crippen LogP contribution in [0.4, 0.5) is 5.69 Å². The van der Waals surface area contributed by atoms with Crippen LogP contribution in [0.15, 0.2) is 42.7 Å². The molecule has 1 aromatic carbocycles. The highest BCUT2D eigenvalue weighted by Gasteiger charge is 2.60. The number of anilines is 1. The van der Waals surface area contributed by atoms with Crippen molar-refractivity contribution in [3.63, 3.8) is 0 Å². The van der Waals surface area contributed by atoms with Crippen molar-refractivity contribution in [1.29, 1.82) is 0 Å². The Morgan fingerprint density at radius 2 is 1.70 bits per heavy atom. The number of benzene rings is 1. The third-order valence-corrected chi connectivity index (χ3v) is 6.01. The van der Waals surface area contributed by atoms with Crippen LogP contribution in [-0.2, 0) is 14.4 Å². The molecular weight excluding hydrogens is 344 g/mol. The summed E-state index contributed by atoms with van der Waals surface area (Å²) in [6.07, 6.45) is 8.15. The average molecular weight is 362 g/mol. The molecule has 5 unspecified atom stereocenters. The SMILES string of the molecule is CC(C(=O)Nc1ccc2nccnc2c1)N1C(=O)C2C3C=CC(C3)C2C1=O. The first-order valence-corrected chi connectivity index (χ1v) is 9.11. The predicted molar refractivity (Wildman–Crippen MR) is 97.2 cm³/mol. The van der Waals surface area contributed by atoms with E-state index in [9.17, 15) is 14.4 Å². The van der Waals surface area contributed by atoms with Crippen LogP contribution < -0.4 is 5.32 Å². The molecule has 0 radical (unpaired) electrons. The van der Waals surface area contributed by atoms with Crippen LogP contribution in [0.2, 0.25) is 0 Å². The maximum Gasteiger partial charge on any atom is 0.247 e. The number of carbonyl (C=O) groups is 3. The smallest absolute Gasteiger partial charge is 0.247 e. The molecule has 5 rings (SSSR count). The summed E-state index contributed by atoms with van der Waals surface area (Å²) in [7, 11) is 0. The molecule has 3 amide bonds. The van der Waals surface area contributed by atoms with E-state index in [0.29, 0.717) is 11.2 Å². The second-order valence-corrected chi connectivity index (χ2v) is 7.47. The highest BCUT2D eigenvalue weighted by Crippen LogP contribution is 2.52. The van der Waals surface area contributed by atoms with Crippen molar-refractivity contribution in [1.82, 2.24) is 14.9 Å². The Morgan fingerprint density at radius 3 is 2.37 bits per heavy atom. The van der Waals surface area contributed by atoms with Crippen molar-refractivity contribution in [2.24, 2.45) is 23.7 Å². The van der Waals surface area contributed by atoms with Crippen molar-refractivity contribution < 1.29 is 14.4 Å². The number of hydrogen-bond acceptors (Lipinski definition) is 5. The Hall–Kier alpha value is -3.09. The van der Waals surface area contributed by atoms with E-state index in [2.05, 4.69) is 15.3 Å². The highest BCUT2D eigenvalue weighted by molar-refractivity contribution is 6.10. The summed E-state index contributed by atoms with van der Waals surface area (Å²) in [4.78, 5) is 48.0. The molecule has 1 N–H and O–H groups in total. The number of carbonyl (C=O) groups excluding carboxylic acids is 3. The fraction of sp³-hybridized carbons (Fsp3) is 0.350. The zero-order chi connectivity index (χ0) is 18.7. The molecular formula is C20H18N4O3. The van der Waals surface area contributed by atoms with Crippen LogP contribution in [0, 0.1) is 23.7 Å². The molecule has 1 saturated carbocycles. The number of imide groups is 1. The molecule has 7 nitrogen and oxygen atoms in total. The van der Waals surface area contributed by atoms with Crippen LogP contribution in [-0.4, -0.2) is 38.6 Å². The molecule has 2 bridgehead atoms. The van der Waals surface area contributed by atoms with Gasteiger partial charge in [0, 0.05) is 18.1 Å². The number of hydrogen-bond donors (Lipinski definition) is 1. The van der Waals surface area contributed by atoms with Crippen LogP contribution in [0.1, 0.15) is 13.3 Å². The van der Waals surface area contributed by atoms with Gasteiger partial charge in [-0.2, -0.15) is 0 Å². The van der Waals surface area contributed by atoms with Gasteiger partial charge in [0.05, 0.1) is 22.9 Å². The molecule has 2 aromatic rings. The first-order chi connectivity index (χ1) is 13.0. The fourth-order valence-electron chi connectivity index (χ4n) is 4.71. The molecule has 0 spiro atoms. The summed E-state index contributed by atoms with van der Waals surface area (Å²) in [6.45, 7) is 1.60. The lowest BCUT2D eigenvalue weighted by Crippen LogP contribution is -2.46. The quantitative estimate of drug-likeness (QED) is 0.663. The van der Waals surface area contributed by atoms with Crippen LogP contribution >= 0.6 is 0 Å². The summed E-state index contributed by atoms with van der Waals surface area (Å²) >= 11 is 0. The summed E-state index contributed by atoms with van der Waals surface area (Å²) in [5, 5.41) is 2.79. The maximum atomic E-state index is 12.8. The first-order valence-electron chi connectivity index (χ1n) is 9.11. The van der Waals surface area contributed by atoms with E-state index < -0.39 is 6.04 Å². The summed E-state index contributed by atoms with van der Waals surface area (Å²) in [5.41, 5.74) is 1.94. The zero-order valence-electron chi connectivity index (χ0n) is 14.7. The molecule has 5 atom stereocenters. The number of allylic oxidation sites excluding steroid dienone is 2. The molecule has 1 aliphatic heterocycles. The molecule has 2 fully saturated rings. The second kappa shape index (κ2) is 5.70. The number of aromatic nitrogens is 2. The van der Waals surface area contributed by atoms with E-state index in [4.69, 9.17) is 0 Å². The minimum absolute atomic E-state index is 0.135. The van der Waals surface area contributed by atoms with E-state index in [1.165, 1.54) is 0 Å². The molecule has 1 saturated heterocycles. The second-order valence-electron chi connectivity index (χ2n) is 7.47. The van der Waals surface area contributed by atoms with E-state index in [1.54, 1.807) is 37.5 Å². The summed E-state index contributed by atoms with van der Waals surface area (Å²) in [5.74, 6) is -1.13. The predicted octanol–water partition coefficient (Wildman–Crippen LogP) is 1.76. The first kappa shape index (κ1) is 16.1. The van der Waals surface area contributed by atoms with E-state index in [0.717, 1.165) is 16.8 Å². The number of rotatable bonds is 3. The molecule has 136 valence electrons. The Labute approximate surface area is 155 Å². The van der Waals surface area contributed by atoms with Gasteiger partial charge >= 0.3 is 0 Å². The third kappa shape index (κ3) is 2.31. The molecule has 2 heterocycles. The van der Waals surface area contributed by atoms with E-state index in [1.807, 2.05) is 12.2 Å². The largest absolute Gasteiger partial charge is 0.324 e. The lowest BCUT2D eigenvalue weighted by Gasteiger charge is -2.23. The van der Waals surface area contributed by atoms with Crippen molar-refractivity contribution in [3.05, 3.63) is 42.7 Å². The van der Waals surface area contributed by atoms with Crippen molar-refractivity contribution >= 4 is 34.4 Å².